The molecule has 2 fully saturated rings. The van der Waals surface area contributed by atoms with Crippen LogP contribution in [0.1, 0.15) is 37.7 Å². The van der Waals surface area contributed by atoms with Crippen LogP contribution >= 0.6 is 0 Å². The van der Waals surface area contributed by atoms with Crippen LogP contribution in [0.4, 0.5) is 0 Å². The van der Waals surface area contributed by atoms with E-state index in [0.29, 0.717) is 12.3 Å². The average Bonchev–Trinajstić information content (AvgIpc) is 3.02. The van der Waals surface area contributed by atoms with Gasteiger partial charge in [-0.1, -0.05) is 12.8 Å². The number of aromatic nitrogens is 2. The molecule has 21 heavy (non-hydrogen) atoms. The summed E-state index contributed by atoms with van der Waals surface area (Å²) in [5, 5.41) is 13.5. The zero-order valence-corrected chi connectivity index (χ0v) is 12.2. The van der Waals surface area contributed by atoms with Crippen molar-refractivity contribution >= 4 is 11.9 Å². The lowest BCUT2D eigenvalue weighted by Gasteiger charge is -2.33. The Morgan fingerprint density at radius 3 is 2.81 bits per heavy atom. The van der Waals surface area contributed by atoms with E-state index >= 15 is 0 Å². The van der Waals surface area contributed by atoms with Gasteiger partial charge in [0.2, 0.25) is 5.91 Å². The molecule has 1 aliphatic carbocycles. The van der Waals surface area contributed by atoms with Crippen molar-refractivity contribution in [3.05, 3.63) is 18.0 Å². The van der Waals surface area contributed by atoms with Crippen molar-refractivity contribution in [2.24, 2.45) is 13.0 Å². The Labute approximate surface area is 123 Å². The fourth-order valence-electron chi connectivity index (χ4n) is 3.87. The molecule has 0 bridgehead atoms. The average molecular weight is 291 g/mol. The normalized spacial score (nSPS) is 28.4. The lowest BCUT2D eigenvalue weighted by molar-refractivity contribution is -0.149. The van der Waals surface area contributed by atoms with E-state index in [1.54, 1.807) is 22.8 Å². The van der Waals surface area contributed by atoms with E-state index in [1.807, 2.05) is 6.20 Å². The van der Waals surface area contributed by atoms with Crippen LogP contribution in [-0.2, 0) is 23.1 Å². The highest BCUT2D eigenvalue weighted by Gasteiger charge is 2.47. The number of carbonyl (C=O) groups excluding carboxylic acids is 1. The maximum Gasteiger partial charge on any atom is 0.326 e. The minimum Gasteiger partial charge on any atom is -0.480 e. The van der Waals surface area contributed by atoms with Crippen molar-refractivity contribution in [3.63, 3.8) is 0 Å². The summed E-state index contributed by atoms with van der Waals surface area (Å²) in [7, 11) is 1.81. The predicted molar refractivity (Wildman–Crippen MR) is 75.5 cm³/mol. The molecule has 0 unspecified atom stereocenters. The molecule has 1 N–H and O–H groups in total. The number of nitrogens with zero attached hydrogens (tertiary/aromatic N) is 3. The van der Waals surface area contributed by atoms with Gasteiger partial charge in [-0.2, -0.15) is 5.10 Å². The van der Waals surface area contributed by atoms with Crippen molar-refractivity contribution in [2.45, 2.75) is 50.6 Å². The molecular weight excluding hydrogens is 270 g/mol. The first-order valence-corrected chi connectivity index (χ1v) is 7.57. The number of carbonyl (C=O) groups is 2. The van der Waals surface area contributed by atoms with Gasteiger partial charge in [0.25, 0.3) is 0 Å². The molecule has 3 atom stereocenters. The van der Waals surface area contributed by atoms with Crippen LogP contribution in [0, 0.1) is 5.92 Å². The number of hydrogen-bond acceptors (Lipinski definition) is 3. The summed E-state index contributed by atoms with van der Waals surface area (Å²) in [6, 6.07) is -0.536. The largest absolute Gasteiger partial charge is 0.480 e. The standard InChI is InChI=1S/C15H21N3O3/c1-17-9-10(8-16-17)6-14(19)18-12-5-3-2-4-11(12)7-13(18)15(20)21/h8-9,11-13H,2-7H2,1H3,(H,20,21)/t11-,12-,13-/m0/s1. The number of aryl methyl sites for hydroxylation is 1. The molecule has 1 aromatic heterocycles. The number of rotatable bonds is 3. The van der Waals surface area contributed by atoms with Gasteiger partial charge in [0.15, 0.2) is 0 Å². The fourth-order valence-corrected chi connectivity index (χ4v) is 3.87. The molecule has 1 aliphatic heterocycles. The summed E-state index contributed by atoms with van der Waals surface area (Å²) >= 11 is 0. The molecular formula is C15H21N3O3. The lowest BCUT2D eigenvalue weighted by Crippen LogP contribution is -2.46. The maximum atomic E-state index is 12.6. The molecule has 6 heteroatoms. The number of hydrogen-bond donors (Lipinski definition) is 1. The fraction of sp³-hybridized carbons (Fsp3) is 0.667. The third-order valence-electron chi connectivity index (χ3n) is 4.77. The van der Waals surface area contributed by atoms with Gasteiger partial charge in [-0.15, -0.1) is 0 Å². The van der Waals surface area contributed by atoms with Crippen molar-refractivity contribution in [3.8, 4) is 0 Å². The zero-order valence-electron chi connectivity index (χ0n) is 12.2. The smallest absolute Gasteiger partial charge is 0.326 e. The minimum absolute atomic E-state index is 0.0789. The molecule has 1 aromatic rings. The van der Waals surface area contributed by atoms with Crippen molar-refractivity contribution in [1.29, 1.82) is 0 Å². The highest BCUT2D eigenvalue weighted by Crippen LogP contribution is 2.40. The van der Waals surface area contributed by atoms with Crippen LogP contribution < -0.4 is 0 Å². The Hall–Kier alpha value is -1.85. The number of carboxylic acid groups (broad SMARTS) is 1. The summed E-state index contributed by atoms with van der Waals surface area (Å²) in [6.45, 7) is 0. The molecule has 0 radical (unpaired) electrons. The summed E-state index contributed by atoms with van der Waals surface area (Å²) in [5.74, 6) is -0.591. The van der Waals surface area contributed by atoms with Crippen LogP contribution in [-0.4, -0.2) is 43.7 Å². The van der Waals surface area contributed by atoms with Crippen LogP contribution in [0.3, 0.4) is 0 Å². The van der Waals surface area contributed by atoms with Crippen molar-refractivity contribution in [2.75, 3.05) is 0 Å². The zero-order chi connectivity index (χ0) is 15.0. The Morgan fingerprint density at radius 1 is 1.38 bits per heavy atom. The number of likely N-dealkylation sites (tertiary alicyclic amines) is 1. The van der Waals surface area contributed by atoms with E-state index in [2.05, 4.69) is 5.10 Å². The molecule has 1 saturated carbocycles. The number of carboxylic acids is 1. The van der Waals surface area contributed by atoms with Gasteiger partial charge in [0.1, 0.15) is 6.04 Å². The van der Waals surface area contributed by atoms with Crippen LogP contribution in [0.2, 0.25) is 0 Å². The molecule has 2 heterocycles. The molecule has 114 valence electrons. The van der Waals surface area contributed by atoms with E-state index in [1.165, 1.54) is 0 Å². The second-order valence-electron chi connectivity index (χ2n) is 6.20. The first-order chi connectivity index (χ1) is 10.1. The number of aliphatic carboxylic acids is 1. The molecule has 6 nitrogen and oxygen atoms in total. The highest BCUT2D eigenvalue weighted by molar-refractivity contribution is 5.86. The number of fused-ring (bicyclic) bond motifs is 1. The first kappa shape index (κ1) is 14.1. The predicted octanol–water partition coefficient (Wildman–Crippen LogP) is 1.21. The maximum absolute atomic E-state index is 12.6. The van der Waals surface area contributed by atoms with E-state index < -0.39 is 12.0 Å². The summed E-state index contributed by atoms with van der Waals surface area (Å²) in [5.41, 5.74) is 0.839. The summed E-state index contributed by atoms with van der Waals surface area (Å²) < 4.78 is 1.66. The van der Waals surface area contributed by atoms with Gasteiger partial charge in [-0.3, -0.25) is 9.48 Å². The van der Waals surface area contributed by atoms with E-state index in [4.69, 9.17) is 0 Å². The monoisotopic (exact) mass is 291 g/mol. The third-order valence-corrected chi connectivity index (χ3v) is 4.77. The summed E-state index contributed by atoms with van der Waals surface area (Å²) in [6.07, 6.45) is 8.55. The van der Waals surface area contributed by atoms with Crippen LogP contribution in [0.5, 0.6) is 0 Å². The Kier molecular flexibility index (Phi) is 3.69. The van der Waals surface area contributed by atoms with Gasteiger partial charge in [0.05, 0.1) is 12.6 Å². The molecule has 0 aromatic carbocycles. The molecule has 3 rings (SSSR count). The lowest BCUT2D eigenvalue weighted by atomic mass is 9.84. The van der Waals surface area contributed by atoms with Crippen LogP contribution in [0.15, 0.2) is 12.4 Å². The Bertz CT molecular complexity index is 554. The minimum atomic E-state index is -0.871. The molecule has 1 amide bonds. The topological polar surface area (TPSA) is 75.4 Å². The van der Waals surface area contributed by atoms with Gasteiger partial charge in [0, 0.05) is 19.3 Å². The SMILES string of the molecule is Cn1cc(CC(=O)N2[C@H](C(=O)O)C[C@@H]3CCCC[C@@H]32)cn1. The Morgan fingerprint density at radius 2 is 2.14 bits per heavy atom. The molecule has 1 saturated heterocycles. The summed E-state index contributed by atoms with van der Waals surface area (Å²) in [4.78, 5) is 25.8. The quantitative estimate of drug-likeness (QED) is 0.908. The first-order valence-electron chi connectivity index (χ1n) is 7.57. The van der Waals surface area contributed by atoms with E-state index in [-0.39, 0.29) is 18.4 Å². The van der Waals surface area contributed by atoms with E-state index in [0.717, 1.165) is 31.2 Å². The molecule has 0 spiro atoms. The highest BCUT2D eigenvalue weighted by atomic mass is 16.4. The third kappa shape index (κ3) is 2.66. The Balaban J connectivity index is 1.79. The van der Waals surface area contributed by atoms with Gasteiger partial charge in [-0.25, -0.2) is 4.79 Å². The van der Waals surface area contributed by atoms with Crippen LogP contribution in [0.25, 0.3) is 0 Å². The van der Waals surface area contributed by atoms with Crippen molar-refractivity contribution in [1.82, 2.24) is 14.7 Å². The van der Waals surface area contributed by atoms with Gasteiger partial charge >= 0.3 is 5.97 Å². The molecule has 2 aliphatic rings. The van der Waals surface area contributed by atoms with Gasteiger partial charge < -0.3 is 10.0 Å². The number of amides is 1. The second kappa shape index (κ2) is 5.50. The van der Waals surface area contributed by atoms with E-state index in [9.17, 15) is 14.7 Å². The van der Waals surface area contributed by atoms with Crippen molar-refractivity contribution < 1.29 is 14.7 Å². The van der Waals surface area contributed by atoms with Gasteiger partial charge in [-0.05, 0) is 30.7 Å². The second-order valence-corrected chi connectivity index (χ2v) is 6.20.